The molecular weight excluding hydrogens is 236 g/mol. The van der Waals surface area contributed by atoms with E-state index in [2.05, 4.69) is 37.9 Å². The molecule has 114 valence electrons. The fourth-order valence-electron chi connectivity index (χ4n) is 3.02. The fraction of sp³-hybridized carbons (Fsp3) is 1.00. The van der Waals surface area contributed by atoms with Gasteiger partial charge in [0.1, 0.15) is 0 Å². The van der Waals surface area contributed by atoms with Crippen molar-refractivity contribution in [3.05, 3.63) is 0 Å². The highest BCUT2D eigenvalue weighted by atomic mass is 16.5. The minimum atomic E-state index is 0.324. The maximum atomic E-state index is 5.32. The van der Waals surface area contributed by atoms with Gasteiger partial charge >= 0.3 is 0 Å². The van der Waals surface area contributed by atoms with Gasteiger partial charge in [-0.15, -0.1) is 0 Å². The summed E-state index contributed by atoms with van der Waals surface area (Å²) in [5.74, 6) is 0.730. The van der Waals surface area contributed by atoms with Crippen molar-refractivity contribution in [3.8, 4) is 0 Å². The van der Waals surface area contributed by atoms with Gasteiger partial charge < -0.3 is 15.0 Å². The van der Waals surface area contributed by atoms with Gasteiger partial charge in [0, 0.05) is 26.2 Å². The Kier molecular flexibility index (Phi) is 7.33. The van der Waals surface area contributed by atoms with Crippen LogP contribution in [0.4, 0.5) is 0 Å². The molecule has 19 heavy (non-hydrogen) atoms. The average molecular weight is 270 g/mol. The summed E-state index contributed by atoms with van der Waals surface area (Å²) < 4.78 is 5.32. The molecule has 1 heterocycles. The first-order chi connectivity index (χ1) is 8.99. The normalized spacial score (nSPS) is 23.5. The number of hydrogen-bond acceptors (Lipinski definition) is 3. The smallest absolute Gasteiger partial charge is 0.0502 e. The third kappa shape index (κ3) is 5.80. The van der Waals surface area contributed by atoms with Gasteiger partial charge in [0.15, 0.2) is 0 Å². The van der Waals surface area contributed by atoms with Crippen LogP contribution in [-0.2, 0) is 4.74 Å². The Morgan fingerprint density at radius 2 is 2.16 bits per heavy atom. The molecule has 1 saturated heterocycles. The van der Waals surface area contributed by atoms with Crippen molar-refractivity contribution in [2.75, 3.05) is 39.9 Å². The van der Waals surface area contributed by atoms with Crippen LogP contribution in [0, 0.1) is 11.3 Å². The van der Waals surface area contributed by atoms with Crippen LogP contribution in [0.15, 0.2) is 0 Å². The van der Waals surface area contributed by atoms with E-state index in [0.29, 0.717) is 11.5 Å². The summed E-state index contributed by atoms with van der Waals surface area (Å²) in [6.45, 7) is 15.0. The molecule has 0 amide bonds. The number of rotatable bonds is 8. The first-order valence-corrected chi connectivity index (χ1v) is 7.94. The van der Waals surface area contributed by atoms with Crippen molar-refractivity contribution < 1.29 is 4.74 Å². The van der Waals surface area contributed by atoms with E-state index in [9.17, 15) is 0 Å². The van der Waals surface area contributed by atoms with Crippen molar-refractivity contribution in [2.45, 2.75) is 53.0 Å². The molecular formula is C16H34N2O. The molecule has 1 rings (SSSR count). The van der Waals surface area contributed by atoms with Crippen LogP contribution in [0.25, 0.3) is 0 Å². The summed E-state index contributed by atoms with van der Waals surface area (Å²) in [5.41, 5.74) is 0.324. The van der Waals surface area contributed by atoms with Crippen molar-refractivity contribution in [1.29, 1.82) is 0 Å². The van der Waals surface area contributed by atoms with Crippen molar-refractivity contribution >= 4 is 0 Å². The van der Waals surface area contributed by atoms with Crippen LogP contribution < -0.4 is 5.32 Å². The van der Waals surface area contributed by atoms with E-state index in [-0.39, 0.29) is 0 Å². The lowest BCUT2D eigenvalue weighted by atomic mass is 9.83. The lowest BCUT2D eigenvalue weighted by Crippen LogP contribution is -2.49. The first kappa shape index (κ1) is 16.9. The molecule has 0 radical (unpaired) electrons. The van der Waals surface area contributed by atoms with Gasteiger partial charge in [-0.05, 0) is 50.6 Å². The number of hydrogen-bond donors (Lipinski definition) is 1. The maximum Gasteiger partial charge on any atom is 0.0502 e. The molecule has 3 nitrogen and oxygen atoms in total. The molecule has 2 unspecified atom stereocenters. The molecule has 0 spiro atoms. The molecule has 2 atom stereocenters. The predicted molar refractivity (Wildman–Crippen MR) is 82.6 cm³/mol. The van der Waals surface area contributed by atoms with Gasteiger partial charge in [0.2, 0.25) is 0 Å². The van der Waals surface area contributed by atoms with E-state index < -0.39 is 0 Å². The van der Waals surface area contributed by atoms with Gasteiger partial charge in [-0.2, -0.15) is 0 Å². The average Bonchev–Trinajstić information content (AvgIpc) is 2.36. The molecule has 0 aliphatic carbocycles. The molecule has 0 saturated carbocycles. The van der Waals surface area contributed by atoms with Crippen LogP contribution in [0.5, 0.6) is 0 Å². The van der Waals surface area contributed by atoms with Crippen LogP contribution in [0.1, 0.15) is 47.0 Å². The summed E-state index contributed by atoms with van der Waals surface area (Å²) in [4.78, 5) is 2.64. The first-order valence-electron chi connectivity index (χ1n) is 7.94. The van der Waals surface area contributed by atoms with Crippen molar-refractivity contribution in [3.63, 3.8) is 0 Å². The van der Waals surface area contributed by atoms with Gasteiger partial charge in [-0.3, -0.25) is 0 Å². The summed E-state index contributed by atoms with van der Waals surface area (Å²) in [6.07, 6.45) is 3.86. The highest BCUT2D eigenvalue weighted by molar-refractivity contribution is 4.85. The molecule has 1 N–H and O–H groups in total. The Bertz CT molecular complexity index is 241. The lowest BCUT2D eigenvalue weighted by molar-refractivity contribution is 0.0622. The summed E-state index contributed by atoms with van der Waals surface area (Å²) >= 11 is 0. The molecule has 0 aromatic heterocycles. The summed E-state index contributed by atoms with van der Waals surface area (Å²) in [6, 6.07) is 0.565. The van der Waals surface area contributed by atoms with Gasteiger partial charge in [0.05, 0.1) is 6.61 Å². The van der Waals surface area contributed by atoms with E-state index in [4.69, 9.17) is 4.74 Å². The molecule has 3 heteroatoms. The summed E-state index contributed by atoms with van der Waals surface area (Å²) in [7, 11) is 1.82. The maximum absolute atomic E-state index is 5.32. The SMILES string of the molecule is CCCNC(C)C(C)(C)CN1CCCC(COC)C1. The molecule has 1 aliphatic heterocycles. The van der Waals surface area contributed by atoms with E-state index in [1.165, 1.54) is 38.9 Å². The largest absolute Gasteiger partial charge is 0.384 e. The van der Waals surface area contributed by atoms with Crippen molar-refractivity contribution in [2.24, 2.45) is 11.3 Å². The van der Waals surface area contributed by atoms with Crippen LogP contribution in [0.3, 0.4) is 0 Å². The number of nitrogens with zero attached hydrogens (tertiary/aromatic N) is 1. The minimum absolute atomic E-state index is 0.324. The second-order valence-electron chi connectivity index (χ2n) is 6.86. The standard InChI is InChI=1S/C16H34N2O/c1-6-9-17-14(2)16(3,4)13-18-10-7-8-15(11-18)12-19-5/h14-15,17H,6-13H2,1-5H3. The molecule has 0 bridgehead atoms. The van der Waals surface area contributed by atoms with Gasteiger partial charge in [-0.1, -0.05) is 20.8 Å². The summed E-state index contributed by atoms with van der Waals surface area (Å²) in [5, 5.41) is 3.65. The number of methoxy groups -OCH3 is 1. The van der Waals surface area contributed by atoms with E-state index in [1.807, 2.05) is 7.11 Å². The quantitative estimate of drug-likeness (QED) is 0.734. The number of piperidine rings is 1. The fourth-order valence-corrected chi connectivity index (χ4v) is 3.02. The predicted octanol–water partition coefficient (Wildman–Crippen LogP) is 2.76. The Labute approximate surface area is 120 Å². The number of ether oxygens (including phenoxy) is 1. The molecule has 0 aromatic rings. The highest BCUT2D eigenvalue weighted by Crippen LogP contribution is 2.25. The van der Waals surface area contributed by atoms with Crippen LogP contribution in [0.2, 0.25) is 0 Å². The van der Waals surface area contributed by atoms with Crippen molar-refractivity contribution in [1.82, 2.24) is 10.2 Å². The second kappa shape index (κ2) is 8.23. The third-order valence-electron chi connectivity index (χ3n) is 4.51. The molecule has 1 fully saturated rings. The minimum Gasteiger partial charge on any atom is -0.384 e. The number of nitrogens with one attached hydrogen (secondary N) is 1. The Balaban J connectivity index is 2.42. The van der Waals surface area contributed by atoms with E-state index >= 15 is 0 Å². The Hall–Kier alpha value is -0.120. The Morgan fingerprint density at radius 1 is 1.42 bits per heavy atom. The van der Waals surface area contributed by atoms with Gasteiger partial charge in [0.25, 0.3) is 0 Å². The third-order valence-corrected chi connectivity index (χ3v) is 4.51. The number of likely N-dealkylation sites (tertiary alicyclic amines) is 1. The zero-order valence-electron chi connectivity index (χ0n) is 13.7. The zero-order chi connectivity index (χ0) is 14.3. The van der Waals surface area contributed by atoms with E-state index in [1.54, 1.807) is 0 Å². The highest BCUT2D eigenvalue weighted by Gasteiger charge is 2.30. The van der Waals surface area contributed by atoms with Crippen LogP contribution in [-0.4, -0.2) is 50.8 Å². The second-order valence-corrected chi connectivity index (χ2v) is 6.86. The van der Waals surface area contributed by atoms with E-state index in [0.717, 1.165) is 19.1 Å². The van der Waals surface area contributed by atoms with Crippen LogP contribution >= 0.6 is 0 Å². The lowest BCUT2D eigenvalue weighted by Gasteiger charge is -2.41. The molecule has 1 aliphatic rings. The monoisotopic (exact) mass is 270 g/mol. The van der Waals surface area contributed by atoms with Gasteiger partial charge in [-0.25, -0.2) is 0 Å². The Morgan fingerprint density at radius 3 is 2.79 bits per heavy atom. The zero-order valence-corrected chi connectivity index (χ0v) is 13.7. The molecule has 0 aromatic carbocycles. The topological polar surface area (TPSA) is 24.5 Å².